The molecular weight excluding hydrogens is 380 g/mol. The molecule has 27 heavy (non-hydrogen) atoms. The molecule has 0 N–H and O–H groups in total. The average Bonchev–Trinajstić information content (AvgIpc) is 2.50. The number of unbranched alkanes of at least 4 members (excludes halogenated alkanes) is 2. The summed E-state index contributed by atoms with van der Waals surface area (Å²) in [6, 6.07) is 0. The molecule has 0 aromatic rings. The van der Waals surface area contributed by atoms with Crippen LogP contribution in [0.5, 0.6) is 0 Å². The molecule has 0 aromatic heterocycles. The Balaban J connectivity index is 5.34. The van der Waals surface area contributed by atoms with Crippen LogP contribution in [0.15, 0.2) is 0 Å². The minimum absolute atomic E-state index is 0.00793. The molecule has 0 rings (SSSR count). The predicted molar refractivity (Wildman–Crippen MR) is 113 cm³/mol. The van der Waals surface area contributed by atoms with Gasteiger partial charge in [-0.1, -0.05) is 26.7 Å². The summed E-state index contributed by atoms with van der Waals surface area (Å²) in [5.41, 5.74) is 0. The number of hydrogen-bond acceptors (Lipinski definition) is 6. The van der Waals surface area contributed by atoms with E-state index in [1.54, 1.807) is 0 Å². The summed E-state index contributed by atoms with van der Waals surface area (Å²) in [4.78, 5) is 25.0. The Labute approximate surface area is 167 Å². The zero-order chi connectivity index (χ0) is 21.1. The smallest absolute Gasteiger partial charge is 0.336 e. The molecule has 0 aliphatic carbocycles. The molecule has 0 spiro atoms. The molecule has 0 fully saturated rings. The van der Waals surface area contributed by atoms with E-state index in [9.17, 15) is 9.59 Å². The Kier molecular flexibility index (Phi) is 12.4. The van der Waals surface area contributed by atoms with Gasteiger partial charge in [0.05, 0.1) is 25.7 Å². The molecule has 0 bridgehead atoms. The highest BCUT2D eigenvalue weighted by molar-refractivity contribution is 6.70. The van der Waals surface area contributed by atoms with E-state index in [4.69, 9.17) is 18.3 Å². The topological polar surface area (TPSA) is 71.1 Å². The van der Waals surface area contributed by atoms with E-state index in [0.29, 0.717) is 13.2 Å². The molecule has 0 aliphatic heterocycles. The van der Waals surface area contributed by atoms with Gasteiger partial charge in [-0.15, -0.1) is 0 Å². The molecule has 0 amide bonds. The fourth-order valence-electron chi connectivity index (χ4n) is 2.27. The van der Waals surface area contributed by atoms with Crippen LogP contribution in [0.2, 0.25) is 39.3 Å². The Morgan fingerprint density at radius 3 is 1.70 bits per heavy atom. The maximum atomic E-state index is 12.7. The van der Waals surface area contributed by atoms with Crippen molar-refractivity contribution in [2.24, 2.45) is 0 Å². The largest absolute Gasteiger partial charge is 0.466 e. The lowest BCUT2D eigenvalue weighted by Crippen LogP contribution is -2.50. The van der Waals surface area contributed by atoms with Gasteiger partial charge in [-0.3, -0.25) is 4.79 Å². The molecule has 0 aromatic carbocycles. The van der Waals surface area contributed by atoms with Crippen molar-refractivity contribution in [2.45, 2.75) is 97.4 Å². The van der Waals surface area contributed by atoms with E-state index in [1.165, 1.54) is 0 Å². The Bertz CT molecular complexity index is 442. The van der Waals surface area contributed by atoms with Gasteiger partial charge in [0.2, 0.25) is 0 Å². The van der Waals surface area contributed by atoms with Crippen molar-refractivity contribution in [3.05, 3.63) is 0 Å². The zero-order valence-corrected chi connectivity index (χ0v) is 20.6. The van der Waals surface area contributed by atoms with Crippen molar-refractivity contribution in [2.75, 3.05) is 13.2 Å². The average molecular weight is 421 g/mol. The summed E-state index contributed by atoms with van der Waals surface area (Å²) >= 11 is 0. The molecule has 160 valence electrons. The van der Waals surface area contributed by atoms with Crippen molar-refractivity contribution in [3.63, 3.8) is 0 Å². The van der Waals surface area contributed by atoms with E-state index < -0.39 is 34.8 Å². The summed E-state index contributed by atoms with van der Waals surface area (Å²) in [5.74, 6) is -0.812. The van der Waals surface area contributed by atoms with Crippen LogP contribution < -0.4 is 0 Å². The Morgan fingerprint density at radius 1 is 0.778 bits per heavy atom. The van der Waals surface area contributed by atoms with Crippen molar-refractivity contribution in [1.82, 2.24) is 0 Å². The first-order chi connectivity index (χ1) is 12.4. The van der Waals surface area contributed by atoms with Crippen molar-refractivity contribution >= 4 is 28.6 Å². The van der Waals surface area contributed by atoms with Crippen LogP contribution in [0.25, 0.3) is 0 Å². The maximum Gasteiger partial charge on any atom is 0.336 e. The second-order valence-corrected chi connectivity index (χ2v) is 17.6. The second-order valence-electron chi connectivity index (χ2n) is 8.72. The van der Waals surface area contributed by atoms with Gasteiger partial charge in [0.25, 0.3) is 0 Å². The quantitative estimate of drug-likeness (QED) is 0.234. The molecule has 2 atom stereocenters. The van der Waals surface area contributed by atoms with Crippen LogP contribution in [-0.4, -0.2) is 54.0 Å². The lowest BCUT2D eigenvalue weighted by molar-refractivity contribution is -0.160. The van der Waals surface area contributed by atoms with Gasteiger partial charge in [-0.2, -0.15) is 0 Å². The lowest BCUT2D eigenvalue weighted by atomic mass is 10.1. The fourth-order valence-corrected chi connectivity index (χ4v) is 4.40. The number of hydrogen-bond donors (Lipinski definition) is 0. The Morgan fingerprint density at radius 2 is 1.26 bits per heavy atom. The van der Waals surface area contributed by atoms with Crippen LogP contribution in [0, 0.1) is 0 Å². The summed E-state index contributed by atoms with van der Waals surface area (Å²) in [6.45, 7) is 16.9. The van der Waals surface area contributed by atoms with Crippen molar-refractivity contribution in [3.8, 4) is 0 Å². The van der Waals surface area contributed by atoms with E-state index in [1.807, 2.05) is 53.1 Å². The highest BCUT2D eigenvalue weighted by Crippen LogP contribution is 2.21. The third kappa shape index (κ3) is 14.0. The highest BCUT2D eigenvalue weighted by atomic mass is 28.4. The number of carbonyl (C=O) groups excluding carboxylic acids is 2. The summed E-state index contributed by atoms with van der Waals surface area (Å²) < 4.78 is 23.0. The zero-order valence-electron chi connectivity index (χ0n) is 18.6. The van der Waals surface area contributed by atoms with Crippen LogP contribution in [0.4, 0.5) is 0 Å². The summed E-state index contributed by atoms with van der Waals surface area (Å²) in [7, 11) is -4.10. The molecule has 0 saturated heterocycles. The molecule has 0 heterocycles. The van der Waals surface area contributed by atoms with E-state index >= 15 is 0 Å². The monoisotopic (exact) mass is 420 g/mol. The third-order valence-electron chi connectivity index (χ3n) is 3.43. The molecule has 0 radical (unpaired) electrons. The third-order valence-corrected chi connectivity index (χ3v) is 5.40. The molecule has 6 nitrogen and oxygen atoms in total. The van der Waals surface area contributed by atoms with Gasteiger partial charge in [0.1, 0.15) is 0 Å². The van der Waals surface area contributed by atoms with Crippen molar-refractivity contribution < 1.29 is 27.9 Å². The predicted octanol–water partition coefficient (Wildman–Crippen LogP) is 4.50. The fraction of sp³-hybridized carbons (Fsp3) is 0.895. The van der Waals surface area contributed by atoms with Gasteiger partial charge in [-0.25, -0.2) is 4.79 Å². The number of esters is 2. The second kappa shape index (κ2) is 12.7. The molecule has 0 unspecified atom stereocenters. The van der Waals surface area contributed by atoms with Gasteiger partial charge < -0.3 is 18.3 Å². The van der Waals surface area contributed by atoms with Crippen LogP contribution in [0.1, 0.15) is 46.0 Å². The lowest BCUT2D eigenvalue weighted by Gasteiger charge is -2.34. The minimum atomic E-state index is -2.07. The van der Waals surface area contributed by atoms with Gasteiger partial charge in [0, 0.05) is 0 Å². The first-order valence-corrected chi connectivity index (χ1v) is 16.9. The molecule has 0 saturated carbocycles. The SMILES string of the molecule is CCCCOC(=O)C[C@@H](O[Si](C)(C)C)[C@@H](O[Si](C)(C)C)C(=O)OCCCC. The molecule has 0 aliphatic rings. The van der Waals surface area contributed by atoms with Crippen LogP contribution in [-0.2, 0) is 27.9 Å². The van der Waals surface area contributed by atoms with Gasteiger partial charge in [0.15, 0.2) is 22.7 Å². The van der Waals surface area contributed by atoms with E-state index in [0.717, 1.165) is 25.7 Å². The minimum Gasteiger partial charge on any atom is -0.466 e. The summed E-state index contributed by atoms with van der Waals surface area (Å²) in [5, 5.41) is 0. The van der Waals surface area contributed by atoms with Crippen LogP contribution >= 0.6 is 0 Å². The number of carbonyl (C=O) groups is 2. The van der Waals surface area contributed by atoms with Crippen LogP contribution in [0.3, 0.4) is 0 Å². The maximum absolute atomic E-state index is 12.7. The standard InChI is InChI=1S/C19H40O6Si2/c1-9-11-13-22-17(20)15-16(24-26(3,4)5)18(25-27(6,7)8)19(21)23-14-12-10-2/h16,18H,9-15H2,1-8H3/t16-,18-/m1/s1. The first kappa shape index (κ1) is 26.3. The summed E-state index contributed by atoms with van der Waals surface area (Å²) in [6.07, 6.45) is 1.90. The molecular formula is C19H40O6Si2. The number of rotatable bonds is 14. The normalized spacial score (nSPS) is 14.5. The van der Waals surface area contributed by atoms with E-state index in [2.05, 4.69) is 0 Å². The van der Waals surface area contributed by atoms with Crippen molar-refractivity contribution in [1.29, 1.82) is 0 Å². The van der Waals surface area contributed by atoms with Gasteiger partial charge in [-0.05, 0) is 52.1 Å². The first-order valence-electron chi connectivity index (χ1n) is 10.1. The number of ether oxygens (including phenoxy) is 2. The molecule has 8 heteroatoms. The van der Waals surface area contributed by atoms with Gasteiger partial charge >= 0.3 is 11.9 Å². The van der Waals surface area contributed by atoms with E-state index in [-0.39, 0.29) is 12.4 Å². The Hall–Kier alpha value is -0.706. The highest BCUT2D eigenvalue weighted by Gasteiger charge is 2.39.